The van der Waals surface area contributed by atoms with E-state index in [4.69, 9.17) is 10.5 Å². The van der Waals surface area contributed by atoms with Crippen molar-refractivity contribution in [3.8, 4) is 11.6 Å². The number of fused-ring (bicyclic) bond motifs is 1. The molecule has 3 aromatic rings. The molecule has 0 saturated heterocycles. The maximum absolute atomic E-state index is 12.8. The number of carbonyl (C=O) groups is 2. The summed E-state index contributed by atoms with van der Waals surface area (Å²) < 4.78 is 49.2. The van der Waals surface area contributed by atoms with Crippen molar-refractivity contribution in [1.82, 2.24) is 14.9 Å². The quantitative estimate of drug-likeness (QED) is 0.527. The molecule has 1 aromatic carbocycles. The molecule has 0 bridgehead atoms. The van der Waals surface area contributed by atoms with Gasteiger partial charge >= 0.3 is 12.5 Å². The molecule has 0 spiro atoms. The van der Waals surface area contributed by atoms with Crippen molar-refractivity contribution < 1.29 is 32.2 Å². The largest absolute Gasteiger partial charge is 0.573 e. The molecular weight excluding hydrogens is 465 g/mol. The van der Waals surface area contributed by atoms with E-state index in [1.165, 1.54) is 22.8 Å². The van der Waals surface area contributed by atoms with Crippen molar-refractivity contribution in [2.24, 2.45) is 5.73 Å². The van der Waals surface area contributed by atoms with Crippen molar-refractivity contribution in [2.45, 2.75) is 57.5 Å². The normalized spacial score (nSPS) is 15.4. The van der Waals surface area contributed by atoms with Gasteiger partial charge in [-0.05, 0) is 70.4 Å². The van der Waals surface area contributed by atoms with Gasteiger partial charge in [0.1, 0.15) is 22.9 Å². The Balaban J connectivity index is 1.78. The lowest BCUT2D eigenvalue weighted by Crippen LogP contribution is -2.52. The smallest absolute Gasteiger partial charge is 0.444 e. The third-order valence-electron chi connectivity index (χ3n) is 5.66. The first-order chi connectivity index (χ1) is 16.3. The fourth-order valence-corrected chi connectivity index (χ4v) is 4.09. The van der Waals surface area contributed by atoms with Crippen LogP contribution in [0.1, 0.15) is 56.2 Å². The van der Waals surface area contributed by atoms with Crippen LogP contribution in [-0.4, -0.2) is 33.5 Å². The number of alkyl carbamates (subject to hydrolysis) is 1. The number of nitrogens with one attached hydrogen (secondary N) is 1. The van der Waals surface area contributed by atoms with E-state index >= 15 is 0 Å². The molecule has 0 radical (unpaired) electrons. The van der Waals surface area contributed by atoms with E-state index in [0.29, 0.717) is 23.9 Å². The average molecular weight is 490 g/mol. The number of amides is 2. The van der Waals surface area contributed by atoms with Crippen molar-refractivity contribution in [3.05, 3.63) is 53.9 Å². The molecule has 2 heterocycles. The zero-order valence-electron chi connectivity index (χ0n) is 19.4. The van der Waals surface area contributed by atoms with Crippen LogP contribution in [0.25, 0.3) is 16.7 Å². The lowest BCUT2D eigenvalue weighted by Gasteiger charge is -2.42. The maximum atomic E-state index is 12.8. The monoisotopic (exact) mass is 490 g/mol. The number of hydrogen-bond acceptors (Lipinski definition) is 5. The Kier molecular flexibility index (Phi) is 5.90. The first-order valence-corrected chi connectivity index (χ1v) is 11.0. The zero-order valence-corrected chi connectivity index (χ0v) is 19.4. The standard InChI is InChI=1S/C24H25F3N4O4/c1-22(2,3)35-21(33)30-23(10-5-11-23)18-6-4-7-19(29-18)31-16-13-15(34-24(25,26)27)9-8-14(16)12-17(31)20(28)32/h4,6-9,12-13H,5,10-11H2,1-3H3,(H2,28,32)(H,30,33). The number of primary amides is 1. The van der Waals surface area contributed by atoms with Crippen LogP contribution in [0.5, 0.6) is 5.75 Å². The van der Waals surface area contributed by atoms with Crippen LogP contribution in [-0.2, 0) is 10.3 Å². The van der Waals surface area contributed by atoms with Crippen LogP contribution in [0.3, 0.4) is 0 Å². The highest BCUT2D eigenvalue weighted by molar-refractivity contribution is 5.99. The van der Waals surface area contributed by atoms with Gasteiger partial charge in [-0.15, -0.1) is 13.2 Å². The van der Waals surface area contributed by atoms with E-state index in [0.717, 1.165) is 12.5 Å². The number of nitrogens with two attached hydrogens (primary N) is 1. The van der Waals surface area contributed by atoms with Crippen molar-refractivity contribution in [3.63, 3.8) is 0 Å². The number of aromatic nitrogens is 2. The number of carbonyl (C=O) groups excluding carboxylic acids is 2. The Morgan fingerprint density at radius 2 is 1.83 bits per heavy atom. The van der Waals surface area contributed by atoms with Gasteiger partial charge in [0, 0.05) is 11.5 Å². The second kappa shape index (κ2) is 8.47. The maximum Gasteiger partial charge on any atom is 0.573 e. The summed E-state index contributed by atoms with van der Waals surface area (Å²) in [6.45, 7) is 5.29. The summed E-state index contributed by atoms with van der Waals surface area (Å²) >= 11 is 0. The van der Waals surface area contributed by atoms with Crippen LogP contribution >= 0.6 is 0 Å². The summed E-state index contributed by atoms with van der Waals surface area (Å²) in [6.07, 6.45) is -3.34. The van der Waals surface area contributed by atoms with Gasteiger partial charge in [0.05, 0.1) is 16.7 Å². The molecule has 1 aliphatic carbocycles. The molecule has 1 aliphatic rings. The second-order valence-corrected chi connectivity index (χ2v) is 9.44. The Bertz CT molecular complexity index is 1290. The van der Waals surface area contributed by atoms with Crippen LogP contribution < -0.4 is 15.8 Å². The van der Waals surface area contributed by atoms with Gasteiger partial charge in [-0.2, -0.15) is 0 Å². The van der Waals surface area contributed by atoms with Crippen LogP contribution in [0, 0.1) is 0 Å². The van der Waals surface area contributed by atoms with E-state index in [1.54, 1.807) is 39.0 Å². The highest BCUT2D eigenvalue weighted by Gasteiger charge is 2.42. The third-order valence-corrected chi connectivity index (χ3v) is 5.66. The van der Waals surface area contributed by atoms with Gasteiger partial charge in [-0.25, -0.2) is 9.78 Å². The number of nitrogens with zero attached hydrogens (tertiary/aromatic N) is 2. The van der Waals surface area contributed by atoms with E-state index in [9.17, 15) is 22.8 Å². The first kappa shape index (κ1) is 24.4. The summed E-state index contributed by atoms with van der Waals surface area (Å²) in [7, 11) is 0. The average Bonchev–Trinajstić information content (AvgIpc) is 3.07. The van der Waals surface area contributed by atoms with Gasteiger partial charge in [0.15, 0.2) is 0 Å². The third kappa shape index (κ3) is 5.18. The second-order valence-electron chi connectivity index (χ2n) is 9.44. The van der Waals surface area contributed by atoms with Crippen molar-refractivity contribution >= 4 is 22.9 Å². The van der Waals surface area contributed by atoms with Crippen molar-refractivity contribution in [2.75, 3.05) is 0 Å². The molecule has 0 aliphatic heterocycles. The van der Waals surface area contributed by atoms with E-state index < -0.39 is 35.3 Å². The fourth-order valence-electron chi connectivity index (χ4n) is 4.09. The molecule has 1 saturated carbocycles. The molecule has 11 heteroatoms. The Morgan fingerprint density at radius 1 is 1.11 bits per heavy atom. The molecule has 186 valence electrons. The Hall–Kier alpha value is -3.76. The highest BCUT2D eigenvalue weighted by atomic mass is 19.4. The predicted octanol–water partition coefficient (Wildman–Crippen LogP) is 4.93. The number of halogens is 3. The van der Waals surface area contributed by atoms with Crippen LogP contribution in [0.15, 0.2) is 42.5 Å². The molecular formula is C24H25F3N4O4. The molecule has 4 rings (SSSR count). The summed E-state index contributed by atoms with van der Waals surface area (Å²) in [5.41, 5.74) is 4.95. The minimum absolute atomic E-state index is 0.0385. The minimum atomic E-state index is -4.88. The molecule has 2 amide bonds. The predicted molar refractivity (Wildman–Crippen MR) is 121 cm³/mol. The topological polar surface area (TPSA) is 108 Å². The molecule has 0 unspecified atom stereocenters. The lowest BCUT2D eigenvalue weighted by atomic mass is 9.74. The molecule has 1 fully saturated rings. The molecule has 3 N–H and O–H groups in total. The fraction of sp³-hybridized carbons (Fsp3) is 0.375. The highest BCUT2D eigenvalue weighted by Crippen LogP contribution is 2.41. The van der Waals surface area contributed by atoms with E-state index in [-0.39, 0.29) is 17.0 Å². The Labute approximate surface area is 199 Å². The summed E-state index contributed by atoms with van der Waals surface area (Å²) in [5, 5.41) is 3.39. The number of pyridine rings is 1. The van der Waals surface area contributed by atoms with Gasteiger partial charge in [-0.1, -0.05) is 6.07 Å². The SMILES string of the molecule is CC(C)(C)OC(=O)NC1(c2cccc(-n3c(C(N)=O)cc4ccc(OC(F)(F)F)cc43)n2)CCC1. The number of benzene rings is 1. The zero-order chi connectivity index (χ0) is 25.6. The molecule has 8 nitrogen and oxygen atoms in total. The van der Waals surface area contributed by atoms with Gasteiger partial charge < -0.3 is 20.5 Å². The summed E-state index contributed by atoms with van der Waals surface area (Å²) in [4.78, 5) is 29.4. The lowest BCUT2D eigenvalue weighted by molar-refractivity contribution is -0.274. The number of hydrogen-bond donors (Lipinski definition) is 2. The summed E-state index contributed by atoms with van der Waals surface area (Å²) in [5.74, 6) is -0.969. The molecule has 2 aromatic heterocycles. The number of alkyl halides is 3. The number of rotatable bonds is 5. The number of ether oxygens (including phenoxy) is 2. The first-order valence-electron chi connectivity index (χ1n) is 11.0. The summed E-state index contributed by atoms with van der Waals surface area (Å²) in [6, 6.07) is 10.2. The Morgan fingerprint density at radius 3 is 2.40 bits per heavy atom. The van der Waals surface area contributed by atoms with Crippen LogP contribution in [0.2, 0.25) is 0 Å². The van der Waals surface area contributed by atoms with Gasteiger partial charge in [0.25, 0.3) is 5.91 Å². The van der Waals surface area contributed by atoms with E-state index in [2.05, 4.69) is 15.0 Å². The van der Waals surface area contributed by atoms with Gasteiger partial charge in [0.2, 0.25) is 0 Å². The molecule has 35 heavy (non-hydrogen) atoms. The van der Waals surface area contributed by atoms with Crippen LogP contribution in [0.4, 0.5) is 18.0 Å². The minimum Gasteiger partial charge on any atom is -0.444 e. The van der Waals surface area contributed by atoms with Gasteiger partial charge in [-0.3, -0.25) is 9.36 Å². The van der Waals surface area contributed by atoms with E-state index in [1.807, 2.05) is 0 Å². The molecule has 0 atom stereocenters. The van der Waals surface area contributed by atoms with Crippen molar-refractivity contribution in [1.29, 1.82) is 0 Å².